The molecule has 1 amide bonds. The Morgan fingerprint density at radius 2 is 1.68 bits per heavy atom. The number of nitrogens with zero attached hydrogens (tertiary/aromatic N) is 2. The Bertz CT molecular complexity index is 1060. The zero-order chi connectivity index (χ0) is 23.7. The van der Waals surface area contributed by atoms with E-state index in [-0.39, 0.29) is 76.5 Å². The molecule has 0 atom stereocenters. The number of nitrogens with one attached hydrogen (secondary N) is 1. The van der Waals surface area contributed by atoms with Crippen LogP contribution in [0.2, 0.25) is 0 Å². The molecular formula is C19H22N3Na2O9P. The fourth-order valence-corrected chi connectivity index (χ4v) is 3.32. The van der Waals surface area contributed by atoms with E-state index >= 15 is 0 Å². The first-order chi connectivity index (χ1) is 15.0. The van der Waals surface area contributed by atoms with Crippen LogP contribution in [0, 0.1) is 0 Å². The maximum Gasteiger partial charge on any atom is 1.00 e. The van der Waals surface area contributed by atoms with E-state index in [9.17, 15) is 19.1 Å². The summed E-state index contributed by atoms with van der Waals surface area (Å²) in [6.07, 6.45) is 0. The number of aromatic nitrogens is 1. The Kier molecular flexibility index (Phi) is 11.2. The molecule has 0 saturated heterocycles. The van der Waals surface area contributed by atoms with Gasteiger partial charge in [-0.3, -0.25) is 9.69 Å². The third kappa shape index (κ3) is 7.01. The summed E-state index contributed by atoms with van der Waals surface area (Å²) in [5.41, 5.74) is -0.791. The van der Waals surface area contributed by atoms with Crippen molar-refractivity contribution in [1.29, 1.82) is 0 Å². The van der Waals surface area contributed by atoms with Gasteiger partial charge in [0.25, 0.3) is 5.91 Å². The van der Waals surface area contributed by atoms with E-state index in [0.29, 0.717) is 22.9 Å². The van der Waals surface area contributed by atoms with Gasteiger partial charge in [-0.1, -0.05) is 0 Å². The van der Waals surface area contributed by atoms with Crippen LogP contribution >= 0.6 is 7.82 Å². The van der Waals surface area contributed by atoms with Crippen LogP contribution in [0.25, 0.3) is 0 Å². The van der Waals surface area contributed by atoms with Crippen molar-refractivity contribution in [3.8, 4) is 23.0 Å². The van der Waals surface area contributed by atoms with Crippen LogP contribution < -0.4 is 98.1 Å². The summed E-state index contributed by atoms with van der Waals surface area (Å²) in [6, 6.07) is 6.45. The van der Waals surface area contributed by atoms with Gasteiger partial charge in [0.2, 0.25) is 5.75 Å². The molecule has 0 radical (unpaired) electrons. The maximum absolute atomic E-state index is 12.8. The smallest absolute Gasteiger partial charge is 0.790 e. The van der Waals surface area contributed by atoms with E-state index in [2.05, 4.69) is 14.8 Å². The van der Waals surface area contributed by atoms with Gasteiger partial charge < -0.3 is 43.1 Å². The first-order valence-electron chi connectivity index (χ1n) is 9.24. The molecule has 0 aliphatic carbocycles. The molecule has 1 aliphatic heterocycles. The predicted octanol–water partition coefficient (Wildman–Crippen LogP) is -4.83. The SMILES string of the molecule is COc1cc(Nc2ccc3c(n2)N(COP(=O)([O-])[O-])C(=O)C(C)(C)O3)cc(OC)c1OC.[Na+].[Na+]. The average Bonchev–Trinajstić information content (AvgIpc) is 2.72. The Morgan fingerprint density at radius 3 is 2.18 bits per heavy atom. The van der Waals surface area contributed by atoms with Gasteiger partial charge in [-0.05, 0) is 26.0 Å². The molecule has 1 aromatic carbocycles. The third-order valence-corrected chi connectivity index (χ3v) is 4.93. The minimum Gasteiger partial charge on any atom is -0.790 e. The summed E-state index contributed by atoms with van der Waals surface area (Å²) in [5.74, 6) is 1.07. The summed E-state index contributed by atoms with van der Waals surface area (Å²) in [4.78, 5) is 39.9. The normalized spacial score (nSPS) is 14.1. The van der Waals surface area contributed by atoms with Crippen molar-refractivity contribution in [2.75, 3.05) is 38.3 Å². The van der Waals surface area contributed by atoms with Crippen LogP contribution in [0.5, 0.6) is 23.0 Å². The van der Waals surface area contributed by atoms with Crippen molar-refractivity contribution >= 4 is 31.1 Å². The quantitative estimate of drug-likeness (QED) is 0.267. The number of benzene rings is 1. The minimum absolute atomic E-state index is 0. The van der Waals surface area contributed by atoms with Crippen molar-refractivity contribution in [2.24, 2.45) is 0 Å². The molecule has 1 N–H and O–H groups in total. The number of hydrogen-bond acceptors (Lipinski definition) is 11. The zero-order valence-electron chi connectivity index (χ0n) is 20.0. The molecule has 0 fully saturated rings. The molecule has 1 aliphatic rings. The van der Waals surface area contributed by atoms with Gasteiger partial charge in [0.05, 0.1) is 29.2 Å². The number of carbonyl (C=O) groups excluding carboxylic acids is 1. The summed E-state index contributed by atoms with van der Waals surface area (Å²) in [5, 5.41) is 3.04. The molecule has 0 saturated carbocycles. The average molecular weight is 513 g/mol. The molecule has 0 unspecified atom stereocenters. The Labute approximate surface area is 241 Å². The standard InChI is InChI=1S/C19H24N3O9P.2Na/c1-19(2)18(23)22(10-30-32(24,25)26)17-12(31-19)6-7-15(21-17)20-11-8-13(27-3)16(29-5)14(9-11)28-4;;/h6-9H,10H2,1-5H3,(H,20,21)(H2,24,25,26);;/q;2*+1/p-2. The molecule has 15 heteroatoms. The van der Waals surface area contributed by atoms with Gasteiger partial charge >= 0.3 is 59.1 Å². The minimum atomic E-state index is -5.32. The molecule has 3 rings (SSSR count). The summed E-state index contributed by atoms with van der Waals surface area (Å²) >= 11 is 0. The van der Waals surface area contributed by atoms with Crippen LogP contribution in [0.4, 0.5) is 17.3 Å². The van der Waals surface area contributed by atoms with Crippen LogP contribution in [0.1, 0.15) is 13.8 Å². The van der Waals surface area contributed by atoms with E-state index < -0.39 is 26.1 Å². The van der Waals surface area contributed by atoms with Crippen LogP contribution in [0.15, 0.2) is 24.3 Å². The Balaban J connectivity index is 0.00000289. The first-order valence-corrected chi connectivity index (χ1v) is 10.7. The van der Waals surface area contributed by atoms with Crippen molar-refractivity contribution in [3.63, 3.8) is 0 Å². The van der Waals surface area contributed by atoms with Crippen LogP contribution in [-0.2, 0) is 13.9 Å². The monoisotopic (exact) mass is 513 g/mol. The largest absolute Gasteiger partial charge is 1.00 e. The molecule has 1 aromatic heterocycles. The predicted molar refractivity (Wildman–Crippen MR) is 109 cm³/mol. The number of fused-ring (bicyclic) bond motifs is 1. The topological polar surface area (TPSA) is 155 Å². The molecule has 2 heterocycles. The fourth-order valence-electron chi connectivity index (χ4n) is 3.07. The molecular weight excluding hydrogens is 491 g/mol. The van der Waals surface area contributed by atoms with E-state index in [1.165, 1.54) is 35.2 Å². The van der Waals surface area contributed by atoms with Crippen LogP contribution in [0.3, 0.4) is 0 Å². The number of phosphoric ester groups is 1. The van der Waals surface area contributed by atoms with Gasteiger partial charge in [-0.25, -0.2) is 4.98 Å². The number of carbonyl (C=O) groups is 1. The number of anilines is 3. The van der Waals surface area contributed by atoms with Gasteiger partial charge in [-0.2, -0.15) is 0 Å². The van der Waals surface area contributed by atoms with Crippen molar-refractivity contribution in [3.05, 3.63) is 24.3 Å². The summed E-state index contributed by atoms with van der Waals surface area (Å²) in [7, 11) is -0.885. The molecule has 0 bridgehead atoms. The summed E-state index contributed by atoms with van der Waals surface area (Å²) in [6.45, 7) is 2.17. The van der Waals surface area contributed by atoms with E-state index in [1.807, 2.05) is 0 Å². The number of ether oxygens (including phenoxy) is 4. The molecule has 34 heavy (non-hydrogen) atoms. The van der Waals surface area contributed by atoms with E-state index in [0.717, 1.165) is 4.90 Å². The van der Waals surface area contributed by atoms with Crippen LogP contribution in [-0.4, -0.2) is 44.6 Å². The maximum atomic E-state index is 12.8. The van der Waals surface area contributed by atoms with Crippen molar-refractivity contribution in [2.45, 2.75) is 19.4 Å². The summed E-state index contributed by atoms with van der Waals surface area (Å²) < 4.78 is 36.9. The molecule has 2 aromatic rings. The third-order valence-electron chi connectivity index (χ3n) is 4.50. The zero-order valence-corrected chi connectivity index (χ0v) is 24.9. The van der Waals surface area contributed by atoms with Crippen molar-refractivity contribution < 1.29 is 102 Å². The number of methoxy groups -OCH3 is 3. The number of pyridine rings is 1. The number of phosphoric acid groups is 1. The second kappa shape index (κ2) is 12.3. The Morgan fingerprint density at radius 1 is 1.09 bits per heavy atom. The van der Waals surface area contributed by atoms with Gasteiger partial charge in [0.15, 0.2) is 28.7 Å². The molecule has 174 valence electrons. The van der Waals surface area contributed by atoms with Gasteiger partial charge in [-0.15, -0.1) is 0 Å². The van der Waals surface area contributed by atoms with Crippen molar-refractivity contribution in [1.82, 2.24) is 4.98 Å². The second-order valence-corrected chi connectivity index (χ2v) is 8.26. The molecule has 0 spiro atoms. The second-order valence-electron chi connectivity index (χ2n) is 7.11. The number of amides is 1. The number of hydrogen-bond donors (Lipinski definition) is 1. The van der Waals surface area contributed by atoms with E-state index in [1.54, 1.807) is 24.3 Å². The molecule has 12 nitrogen and oxygen atoms in total. The van der Waals surface area contributed by atoms with Gasteiger partial charge in [0, 0.05) is 17.8 Å². The van der Waals surface area contributed by atoms with Gasteiger partial charge in [0.1, 0.15) is 12.5 Å². The first kappa shape index (κ1) is 31.0. The van der Waals surface area contributed by atoms with E-state index in [4.69, 9.17) is 18.9 Å². The Hall–Kier alpha value is -1.05. The number of rotatable bonds is 8. The fraction of sp³-hybridized carbons (Fsp3) is 0.368.